The van der Waals surface area contributed by atoms with E-state index in [-0.39, 0.29) is 6.10 Å². The predicted octanol–water partition coefficient (Wildman–Crippen LogP) is 1.85. The number of hydrogen-bond acceptors (Lipinski definition) is 2. The molecule has 0 aromatic rings. The van der Waals surface area contributed by atoms with E-state index >= 15 is 0 Å². The van der Waals surface area contributed by atoms with Crippen LogP contribution in [0.5, 0.6) is 0 Å². The lowest BCUT2D eigenvalue weighted by molar-refractivity contribution is 0.142. The van der Waals surface area contributed by atoms with Gasteiger partial charge < -0.3 is 10.2 Å². The summed E-state index contributed by atoms with van der Waals surface area (Å²) in [5.41, 5.74) is 0. The highest BCUT2D eigenvalue weighted by molar-refractivity contribution is 4.69. The quantitative estimate of drug-likeness (QED) is 0.619. The molecule has 0 fully saturated rings. The van der Waals surface area contributed by atoms with Crippen LogP contribution in [0.15, 0.2) is 0 Å². The van der Waals surface area contributed by atoms with Crippen LogP contribution >= 0.6 is 0 Å². The Morgan fingerprint density at radius 3 is 2.40 bits per heavy atom. The van der Waals surface area contributed by atoms with Crippen LogP contribution in [-0.2, 0) is 0 Å². The molecule has 1 atom stereocenters. The minimum Gasteiger partial charge on any atom is -0.393 e. The summed E-state index contributed by atoms with van der Waals surface area (Å²) < 4.78 is 0. The molecule has 0 aliphatic carbocycles. The Labute approximate surface area is 62.9 Å². The van der Waals surface area contributed by atoms with E-state index in [0.29, 0.717) is 18.9 Å². The smallest absolute Gasteiger partial charge is 0.0903 e. The molecule has 0 saturated heterocycles. The zero-order valence-corrected chi connectivity index (χ0v) is 6.80. The highest BCUT2D eigenvalue weighted by atomic mass is 16.3. The summed E-state index contributed by atoms with van der Waals surface area (Å²) in [5, 5.41) is 17.9. The molecule has 0 bridgehead atoms. The SMILES string of the molecule is CCCC(O)CC[C](C)O. The maximum absolute atomic E-state index is 9.17. The zero-order valence-electron chi connectivity index (χ0n) is 6.80. The van der Waals surface area contributed by atoms with Crippen molar-refractivity contribution in [1.82, 2.24) is 0 Å². The van der Waals surface area contributed by atoms with Crippen LogP contribution in [0.25, 0.3) is 0 Å². The number of aliphatic hydroxyl groups excluding tert-OH is 2. The summed E-state index contributed by atoms with van der Waals surface area (Å²) in [6.07, 6.45) is 3.35. The third kappa shape index (κ3) is 6.05. The van der Waals surface area contributed by atoms with Gasteiger partial charge in [-0.05, 0) is 26.2 Å². The molecule has 61 valence electrons. The molecule has 2 heteroatoms. The maximum Gasteiger partial charge on any atom is 0.0903 e. The van der Waals surface area contributed by atoms with Crippen molar-refractivity contribution < 1.29 is 10.2 Å². The van der Waals surface area contributed by atoms with Gasteiger partial charge in [0, 0.05) is 0 Å². The Morgan fingerprint density at radius 2 is 2.00 bits per heavy atom. The van der Waals surface area contributed by atoms with Crippen molar-refractivity contribution in [2.24, 2.45) is 0 Å². The third-order valence-corrected chi connectivity index (χ3v) is 1.46. The number of aliphatic hydroxyl groups is 2. The predicted molar refractivity (Wildman–Crippen MR) is 41.0 cm³/mol. The minimum absolute atomic E-state index is 0.230. The van der Waals surface area contributed by atoms with Crippen molar-refractivity contribution in [2.45, 2.75) is 45.6 Å². The van der Waals surface area contributed by atoms with Gasteiger partial charge in [0.15, 0.2) is 0 Å². The molecule has 0 aromatic carbocycles. The molecule has 0 heterocycles. The van der Waals surface area contributed by atoms with Gasteiger partial charge in [0.1, 0.15) is 0 Å². The lowest BCUT2D eigenvalue weighted by Gasteiger charge is -2.08. The average molecular weight is 145 g/mol. The van der Waals surface area contributed by atoms with E-state index in [1.54, 1.807) is 6.92 Å². The fourth-order valence-corrected chi connectivity index (χ4v) is 0.853. The average Bonchev–Trinajstić information content (AvgIpc) is 1.85. The Kier molecular flexibility index (Phi) is 5.64. The molecule has 0 aliphatic rings. The molecule has 1 radical (unpaired) electrons. The van der Waals surface area contributed by atoms with E-state index < -0.39 is 0 Å². The van der Waals surface area contributed by atoms with E-state index in [0.717, 1.165) is 12.8 Å². The van der Waals surface area contributed by atoms with Crippen LogP contribution in [0.1, 0.15) is 39.5 Å². The van der Waals surface area contributed by atoms with Gasteiger partial charge in [0.05, 0.1) is 12.2 Å². The van der Waals surface area contributed by atoms with Crippen molar-refractivity contribution in [1.29, 1.82) is 0 Å². The Balaban J connectivity index is 3.12. The van der Waals surface area contributed by atoms with Crippen molar-refractivity contribution >= 4 is 0 Å². The van der Waals surface area contributed by atoms with Crippen LogP contribution < -0.4 is 0 Å². The second-order valence-electron chi connectivity index (χ2n) is 2.72. The fraction of sp³-hybridized carbons (Fsp3) is 0.875. The van der Waals surface area contributed by atoms with Gasteiger partial charge in [-0.3, -0.25) is 0 Å². The first kappa shape index (κ1) is 9.92. The van der Waals surface area contributed by atoms with Crippen molar-refractivity contribution in [3.05, 3.63) is 6.10 Å². The molecule has 0 saturated carbocycles. The molecule has 0 rings (SSSR count). The topological polar surface area (TPSA) is 40.5 Å². The Bertz CT molecular complexity index is 71.7. The van der Waals surface area contributed by atoms with Gasteiger partial charge in [0.2, 0.25) is 0 Å². The second-order valence-corrected chi connectivity index (χ2v) is 2.72. The Morgan fingerprint density at radius 1 is 1.40 bits per heavy atom. The molecule has 0 aliphatic heterocycles. The monoisotopic (exact) mass is 145 g/mol. The van der Waals surface area contributed by atoms with Gasteiger partial charge in [-0.15, -0.1) is 0 Å². The largest absolute Gasteiger partial charge is 0.393 e. The highest BCUT2D eigenvalue weighted by Crippen LogP contribution is 2.09. The number of rotatable bonds is 5. The molecule has 2 nitrogen and oxygen atoms in total. The summed E-state index contributed by atoms with van der Waals surface area (Å²) in [5.74, 6) is 0. The zero-order chi connectivity index (χ0) is 7.98. The molecular weight excluding hydrogens is 128 g/mol. The van der Waals surface area contributed by atoms with Crippen LogP contribution in [0.3, 0.4) is 0 Å². The van der Waals surface area contributed by atoms with Gasteiger partial charge in [0.25, 0.3) is 0 Å². The lowest BCUT2D eigenvalue weighted by atomic mass is 10.1. The molecule has 0 amide bonds. The van der Waals surface area contributed by atoms with Crippen molar-refractivity contribution in [3.8, 4) is 0 Å². The number of hydrogen-bond donors (Lipinski definition) is 2. The van der Waals surface area contributed by atoms with Crippen molar-refractivity contribution in [2.75, 3.05) is 0 Å². The van der Waals surface area contributed by atoms with E-state index in [1.165, 1.54) is 0 Å². The van der Waals surface area contributed by atoms with Crippen LogP contribution in [-0.4, -0.2) is 16.3 Å². The summed E-state index contributed by atoms with van der Waals surface area (Å²) in [4.78, 5) is 0. The van der Waals surface area contributed by atoms with Crippen LogP contribution in [0, 0.1) is 6.10 Å². The molecule has 1 unspecified atom stereocenters. The minimum atomic E-state index is -0.230. The lowest BCUT2D eigenvalue weighted by Crippen LogP contribution is -2.06. The highest BCUT2D eigenvalue weighted by Gasteiger charge is 2.04. The first-order valence-corrected chi connectivity index (χ1v) is 3.86. The van der Waals surface area contributed by atoms with Gasteiger partial charge in [-0.1, -0.05) is 13.3 Å². The second kappa shape index (κ2) is 5.69. The van der Waals surface area contributed by atoms with E-state index in [1.807, 2.05) is 6.92 Å². The summed E-state index contributed by atoms with van der Waals surface area (Å²) in [6, 6.07) is 0. The van der Waals surface area contributed by atoms with Gasteiger partial charge in [-0.25, -0.2) is 0 Å². The molecule has 2 N–H and O–H groups in total. The summed E-state index contributed by atoms with van der Waals surface area (Å²) >= 11 is 0. The molecule has 10 heavy (non-hydrogen) atoms. The van der Waals surface area contributed by atoms with E-state index in [2.05, 4.69) is 0 Å². The third-order valence-electron chi connectivity index (χ3n) is 1.46. The van der Waals surface area contributed by atoms with Gasteiger partial charge >= 0.3 is 0 Å². The van der Waals surface area contributed by atoms with Crippen LogP contribution in [0.2, 0.25) is 0 Å². The first-order chi connectivity index (χ1) is 4.66. The molecule has 0 aromatic heterocycles. The summed E-state index contributed by atoms with van der Waals surface area (Å²) in [6.45, 7) is 3.71. The first-order valence-electron chi connectivity index (χ1n) is 3.86. The molecule has 0 spiro atoms. The van der Waals surface area contributed by atoms with E-state index in [9.17, 15) is 5.11 Å². The standard InChI is InChI=1S/C8H17O2/c1-3-4-8(10)6-5-7(2)9/h8-10H,3-6H2,1-2H3. The van der Waals surface area contributed by atoms with Crippen molar-refractivity contribution in [3.63, 3.8) is 0 Å². The molecular formula is C8H17O2. The normalized spacial score (nSPS) is 14.1. The summed E-state index contributed by atoms with van der Waals surface area (Å²) in [7, 11) is 0. The maximum atomic E-state index is 9.17. The van der Waals surface area contributed by atoms with E-state index in [4.69, 9.17) is 5.11 Å². The van der Waals surface area contributed by atoms with Gasteiger partial charge in [-0.2, -0.15) is 0 Å². The van der Waals surface area contributed by atoms with Crippen LogP contribution in [0.4, 0.5) is 0 Å². The fourth-order valence-electron chi connectivity index (χ4n) is 0.853. The Hall–Kier alpha value is -0.0800.